The Labute approximate surface area is 192 Å². The van der Waals surface area contributed by atoms with Gasteiger partial charge in [-0.1, -0.05) is 36.4 Å². The lowest BCUT2D eigenvalue weighted by Crippen LogP contribution is -2.51. The third kappa shape index (κ3) is 6.84. The van der Waals surface area contributed by atoms with E-state index < -0.39 is 0 Å². The molecule has 1 saturated heterocycles. The summed E-state index contributed by atoms with van der Waals surface area (Å²) in [6.07, 6.45) is 4.19. The van der Waals surface area contributed by atoms with Gasteiger partial charge in [-0.05, 0) is 81.3 Å². The molecule has 0 saturated carbocycles. The summed E-state index contributed by atoms with van der Waals surface area (Å²) < 4.78 is 10.8. The molecule has 0 aliphatic carbocycles. The highest BCUT2D eigenvalue weighted by Crippen LogP contribution is 2.27. The fraction of sp³-hybridized carbons (Fsp3) is 0.480. The third-order valence-corrected chi connectivity index (χ3v) is 6.39. The molecular weight excluding hydrogens is 406 g/mol. The van der Waals surface area contributed by atoms with Gasteiger partial charge in [-0.3, -0.25) is 0 Å². The number of piperidine rings is 1. The van der Waals surface area contributed by atoms with Gasteiger partial charge in [0.25, 0.3) is 0 Å². The molecule has 2 aromatic rings. The molecule has 0 aromatic heterocycles. The predicted molar refractivity (Wildman–Crippen MR) is 131 cm³/mol. The zero-order valence-corrected chi connectivity index (χ0v) is 19.8. The Morgan fingerprint density at radius 3 is 2.39 bits per heavy atom. The van der Waals surface area contributed by atoms with Crippen LogP contribution in [0.25, 0.3) is 0 Å². The topological polar surface area (TPSA) is 37.0 Å². The average molecular weight is 442 g/mol. The van der Waals surface area contributed by atoms with Crippen LogP contribution in [-0.2, 0) is 12.8 Å². The van der Waals surface area contributed by atoms with Crippen LogP contribution in [0.5, 0.6) is 11.5 Å². The van der Waals surface area contributed by atoms with Crippen molar-refractivity contribution in [2.45, 2.75) is 31.7 Å². The number of methoxy groups -OCH3 is 2. The number of nitrogens with one attached hydrogen (secondary N) is 1. The lowest BCUT2D eigenvalue weighted by atomic mass is 10.0. The molecule has 1 N–H and O–H groups in total. The minimum Gasteiger partial charge on any atom is -0.493 e. The number of likely N-dealkylation sites (tertiary alicyclic amines) is 1. The fourth-order valence-electron chi connectivity index (χ4n) is 4.10. The Balaban J connectivity index is 1.58. The fourth-order valence-corrected chi connectivity index (χ4v) is 4.44. The molecule has 6 heteroatoms. The zero-order chi connectivity index (χ0) is 22.1. The SMILES string of the molecule is COc1ccc(CCNC(=S)N(CCc2ccccc2)C2CCN(C)CC2)cc1OC. The first-order chi connectivity index (χ1) is 15.1. The van der Waals surface area contributed by atoms with Crippen LogP contribution in [0.4, 0.5) is 0 Å². The first-order valence-electron chi connectivity index (χ1n) is 11.1. The maximum absolute atomic E-state index is 5.86. The molecular formula is C25H35N3O2S. The second-order valence-electron chi connectivity index (χ2n) is 8.13. The highest BCUT2D eigenvalue weighted by atomic mass is 32.1. The Morgan fingerprint density at radius 2 is 1.71 bits per heavy atom. The van der Waals surface area contributed by atoms with Crippen molar-refractivity contribution in [2.24, 2.45) is 0 Å². The normalized spacial score (nSPS) is 14.8. The van der Waals surface area contributed by atoms with E-state index in [1.54, 1.807) is 14.2 Å². The number of thiocarbonyl (C=S) groups is 1. The number of nitrogens with zero attached hydrogens (tertiary/aromatic N) is 2. The van der Waals surface area contributed by atoms with Crippen LogP contribution in [0.3, 0.4) is 0 Å². The summed E-state index contributed by atoms with van der Waals surface area (Å²) in [4.78, 5) is 4.82. The van der Waals surface area contributed by atoms with E-state index in [4.69, 9.17) is 21.7 Å². The van der Waals surface area contributed by atoms with Crippen molar-refractivity contribution in [3.05, 3.63) is 59.7 Å². The number of ether oxygens (including phenoxy) is 2. The van der Waals surface area contributed by atoms with Gasteiger partial charge < -0.3 is 24.6 Å². The van der Waals surface area contributed by atoms with Crippen LogP contribution in [0.15, 0.2) is 48.5 Å². The van der Waals surface area contributed by atoms with E-state index in [-0.39, 0.29) is 0 Å². The predicted octanol–water partition coefficient (Wildman–Crippen LogP) is 3.76. The van der Waals surface area contributed by atoms with E-state index in [1.807, 2.05) is 12.1 Å². The van der Waals surface area contributed by atoms with Crippen molar-refractivity contribution in [1.82, 2.24) is 15.1 Å². The summed E-state index contributed by atoms with van der Waals surface area (Å²) >= 11 is 5.86. The Kier molecular flexibility index (Phi) is 8.98. The van der Waals surface area contributed by atoms with Gasteiger partial charge >= 0.3 is 0 Å². The summed E-state index contributed by atoms with van der Waals surface area (Å²) in [6, 6.07) is 17.2. The number of benzene rings is 2. The van der Waals surface area contributed by atoms with Crippen LogP contribution in [0, 0.1) is 0 Å². The Bertz CT molecular complexity index is 823. The van der Waals surface area contributed by atoms with Crippen LogP contribution in [-0.4, -0.2) is 68.4 Å². The van der Waals surface area contributed by atoms with E-state index in [0.29, 0.717) is 6.04 Å². The second-order valence-corrected chi connectivity index (χ2v) is 8.52. The van der Waals surface area contributed by atoms with Crippen LogP contribution in [0.1, 0.15) is 24.0 Å². The van der Waals surface area contributed by atoms with Gasteiger partial charge in [-0.25, -0.2) is 0 Å². The highest BCUT2D eigenvalue weighted by Gasteiger charge is 2.24. The van der Waals surface area contributed by atoms with Crippen molar-refractivity contribution in [1.29, 1.82) is 0 Å². The number of rotatable bonds is 9. The summed E-state index contributed by atoms with van der Waals surface area (Å²) in [5.74, 6) is 1.52. The molecule has 3 rings (SSSR count). The molecule has 168 valence electrons. The van der Waals surface area contributed by atoms with Crippen molar-refractivity contribution in [2.75, 3.05) is 47.4 Å². The zero-order valence-electron chi connectivity index (χ0n) is 19.0. The van der Waals surface area contributed by atoms with Gasteiger partial charge in [-0.15, -0.1) is 0 Å². The Morgan fingerprint density at radius 1 is 1.00 bits per heavy atom. The average Bonchev–Trinajstić information content (AvgIpc) is 2.81. The van der Waals surface area contributed by atoms with Crippen LogP contribution < -0.4 is 14.8 Å². The number of hydrogen-bond donors (Lipinski definition) is 1. The van der Waals surface area contributed by atoms with Gasteiger partial charge in [-0.2, -0.15) is 0 Å². The largest absolute Gasteiger partial charge is 0.493 e. The van der Waals surface area contributed by atoms with Gasteiger partial charge in [0.1, 0.15) is 0 Å². The first-order valence-corrected chi connectivity index (χ1v) is 11.5. The summed E-state index contributed by atoms with van der Waals surface area (Å²) in [6.45, 7) is 3.99. The molecule has 0 atom stereocenters. The molecule has 0 amide bonds. The summed E-state index contributed by atoms with van der Waals surface area (Å²) in [5, 5.41) is 4.38. The van der Waals surface area contributed by atoms with E-state index in [2.05, 4.69) is 58.6 Å². The van der Waals surface area contributed by atoms with Gasteiger partial charge in [0.15, 0.2) is 16.6 Å². The van der Waals surface area contributed by atoms with Crippen LogP contribution in [0.2, 0.25) is 0 Å². The van der Waals surface area contributed by atoms with Crippen molar-refractivity contribution < 1.29 is 9.47 Å². The van der Waals surface area contributed by atoms with Crippen molar-refractivity contribution in [3.63, 3.8) is 0 Å². The minimum atomic E-state index is 0.501. The molecule has 31 heavy (non-hydrogen) atoms. The molecule has 0 unspecified atom stereocenters. The molecule has 1 aliphatic rings. The van der Waals surface area contributed by atoms with E-state index in [0.717, 1.165) is 68.5 Å². The first kappa shape index (κ1) is 23.4. The van der Waals surface area contributed by atoms with E-state index >= 15 is 0 Å². The molecule has 2 aromatic carbocycles. The molecule has 0 bridgehead atoms. The second kappa shape index (κ2) is 11.9. The smallest absolute Gasteiger partial charge is 0.169 e. The molecule has 0 radical (unpaired) electrons. The molecule has 0 spiro atoms. The van der Waals surface area contributed by atoms with Gasteiger partial charge in [0.2, 0.25) is 0 Å². The summed E-state index contributed by atoms with van der Waals surface area (Å²) in [7, 11) is 5.52. The lowest BCUT2D eigenvalue weighted by molar-refractivity contribution is 0.175. The molecule has 1 aliphatic heterocycles. The number of hydrogen-bond acceptors (Lipinski definition) is 4. The van der Waals surface area contributed by atoms with Gasteiger partial charge in [0.05, 0.1) is 14.2 Å². The maximum atomic E-state index is 5.86. The van der Waals surface area contributed by atoms with Crippen molar-refractivity contribution >= 4 is 17.3 Å². The van der Waals surface area contributed by atoms with Crippen LogP contribution >= 0.6 is 12.2 Å². The highest BCUT2D eigenvalue weighted by molar-refractivity contribution is 7.80. The standard InChI is InChI=1S/C25H35N3O2S/c1-27-16-13-22(14-17-27)28(18-12-20-7-5-4-6-8-20)25(31)26-15-11-21-9-10-23(29-2)24(19-21)30-3/h4-10,19,22H,11-18H2,1-3H3,(H,26,31). The van der Waals surface area contributed by atoms with E-state index in [9.17, 15) is 0 Å². The Hall–Kier alpha value is -2.31. The van der Waals surface area contributed by atoms with Crippen molar-refractivity contribution in [3.8, 4) is 11.5 Å². The van der Waals surface area contributed by atoms with E-state index in [1.165, 1.54) is 11.1 Å². The maximum Gasteiger partial charge on any atom is 0.169 e. The van der Waals surface area contributed by atoms with Gasteiger partial charge in [0, 0.05) is 19.1 Å². The lowest BCUT2D eigenvalue weighted by Gasteiger charge is -2.39. The monoisotopic (exact) mass is 441 g/mol. The molecule has 1 fully saturated rings. The molecule has 1 heterocycles. The quantitative estimate of drug-likeness (QED) is 0.597. The molecule has 5 nitrogen and oxygen atoms in total. The minimum absolute atomic E-state index is 0.501. The summed E-state index contributed by atoms with van der Waals surface area (Å²) in [5.41, 5.74) is 2.55. The third-order valence-electron chi connectivity index (χ3n) is 6.01.